The maximum absolute atomic E-state index is 6.00. The molecular weight excluding hydrogens is 286 g/mol. The van der Waals surface area contributed by atoms with Crippen molar-refractivity contribution < 1.29 is 4.74 Å². The highest BCUT2D eigenvalue weighted by molar-refractivity contribution is 6.31. The Morgan fingerprint density at radius 2 is 2.14 bits per heavy atom. The predicted molar refractivity (Wildman–Crippen MR) is 82.9 cm³/mol. The van der Waals surface area contributed by atoms with E-state index in [2.05, 4.69) is 15.3 Å². The number of hydrogen-bond acceptors (Lipinski definition) is 4. The van der Waals surface area contributed by atoms with Gasteiger partial charge in [0.25, 0.3) is 0 Å². The van der Waals surface area contributed by atoms with Crippen LogP contribution in [0.2, 0.25) is 5.02 Å². The lowest BCUT2D eigenvalue weighted by Gasteiger charge is -2.09. The summed E-state index contributed by atoms with van der Waals surface area (Å²) in [6.45, 7) is 4.73. The molecule has 0 saturated heterocycles. The number of halogens is 1. The zero-order valence-corrected chi connectivity index (χ0v) is 12.9. The number of aryl methyl sites for hydroxylation is 2. The molecule has 110 valence electrons. The summed E-state index contributed by atoms with van der Waals surface area (Å²) in [7, 11) is 0. The van der Waals surface area contributed by atoms with E-state index in [0.717, 1.165) is 28.4 Å². The van der Waals surface area contributed by atoms with Gasteiger partial charge in [0, 0.05) is 35.1 Å². The van der Waals surface area contributed by atoms with E-state index >= 15 is 0 Å². The number of nitrogens with one attached hydrogen (secondary N) is 1. The fourth-order valence-electron chi connectivity index (χ4n) is 2.02. The maximum Gasteiger partial charge on any atom is 0.322 e. The number of aromatic nitrogens is 2. The molecule has 0 aliphatic heterocycles. The molecule has 1 fully saturated rings. The number of benzene rings is 1. The normalized spacial score (nSPS) is 14.2. The molecule has 0 spiro atoms. The lowest BCUT2D eigenvalue weighted by atomic mass is 10.2. The quantitative estimate of drug-likeness (QED) is 0.913. The van der Waals surface area contributed by atoms with E-state index in [4.69, 9.17) is 16.3 Å². The van der Waals surface area contributed by atoms with E-state index in [1.807, 2.05) is 38.2 Å². The van der Waals surface area contributed by atoms with Crippen molar-refractivity contribution in [3.05, 3.63) is 46.2 Å². The Balaban J connectivity index is 1.70. The molecule has 1 saturated carbocycles. The third-order valence-corrected chi connectivity index (χ3v) is 3.98. The zero-order valence-electron chi connectivity index (χ0n) is 12.2. The zero-order chi connectivity index (χ0) is 14.8. The van der Waals surface area contributed by atoms with Gasteiger partial charge in [-0.2, -0.15) is 4.98 Å². The summed E-state index contributed by atoms with van der Waals surface area (Å²) in [5, 5.41) is 4.18. The molecule has 21 heavy (non-hydrogen) atoms. The van der Waals surface area contributed by atoms with E-state index < -0.39 is 0 Å². The number of rotatable bonds is 5. The molecule has 0 bridgehead atoms. The Kier molecular flexibility index (Phi) is 4.08. The first kappa shape index (κ1) is 14.3. The molecule has 1 N–H and O–H groups in total. The van der Waals surface area contributed by atoms with Crippen molar-refractivity contribution in [1.82, 2.24) is 15.3 Å². The second kappa shape index (κ2) is 6.00. The van der Waals surface area contributed by atoms with Crippen molar-refractivity contribution in [2.75, 3.05) is 0 Å². The molecule has 1 aliphatic carbocycles. The van der Waals surface area contributed by atoms with Crippen LogP contribution in [0.4, 0.5) is 0 Å². The molecule has 1 aromatic carbocycles. The summed E-state index contributed by atoms with van der Waals surface area (Å²) in [5.74, 6) is 0.695. The highest BCUT2D eigenvalue weighted by Crippen LogP contribution is 2.24. The minimum Gasteiger partial charge on any atom is -0.424 e. The Morgan fingerprint density at radius 1 is 1.33 bits per heavy atom. The third-order valence-electron chi connectivity index (χ3n) is 3.56. The molecule has 3 rings (SSSR count). The molecule has 0 amide bonds. The van der Waals surface area contributed by atoms with Gasteiger partial charge in [0.1, 0.15) is 5.75 Å². The van der Waals surface area contributed by atoms with Crippen LogP contribution in [0.3, 0.4) is 0 Å². The van der Waals surface area contributed by atoms with E-state index in [1.165, 1.54) is 12.8 Å². The van der Waals surface area contributed by atoms with Crippen molar-refractivity contribution in [3.8, 4) is 11.8 Å². The first-order valence-electron chi connectivity index (χ1n) is 7.12. The van der Waals surface area contributed by atoms with E-state index in [-0.39, 0.29) is 0 Å². The van der Waals surface area contributed by atoms with Gasteiger partial charge < -0.3 is 10.1 Å². The topological polar surface area (TPSA) is 47.0 Å². The minimum atomic E-state index is 0.365. The summed E-state index contributed by atoms with van der Waals surface area (Å²) >= 11 is 6.00. The standard InChI is InChI=1S/C16H18ClN3O/c1-10-7-14(5-6-15(10)17)21-16-19-9-12(11(2)20-16)8-18-13-3-4-13/h5-7,9,13,18H,3-4,8H2,1-2H3. The van der Waals surface area contributed by atoms with Gasteiger partial charge in [-0.05, 0) is 50.5 Å². The Labute approximate surface area is 129 Å². The molecule has 5 heteroatoms. The molecule has 0 radical (unpaired) electrons. The minimum absolute atomic E-state index is 0.365. The lowest BCUT2D eigenvalue weighted by molar-refractivity contribution is 0.438. The van der Waals surface area contributed by atoms with Crippen molar-refractivity contribution in [2.45, 2.75) is 39.3 Å². The molecular formula is C16H18ClN3O. The summed E-state index contributed by atoms with van der Waals surface area (Å²) < 4.78 is 5.69. The van der Waals surface area contributed by atoms with Gasteiger partial charge >= 0.3 is 6.01 Å². The predicted octanol–water partition coefficient (Wildman–Crippen LogP) is 3.79. The Hall–Kier alpha value is -1.65. The largest absolute Gasteiger partial charge is 0.424 e. The van der Waals surface area contributed by atoms with Crippen LogP contribution in [0, 0.1) is 13.8 Å². The van der Waals surface area contributed by atoms with Gasteiger partial charge in [-0.1, -0.05) is 11.6 Å². The molecule has 0 unspecified atom stereocenters. The van der Waals surface area contributed by atoms with E-state index in [0.29, 0.717) is 17.8 Å². The summed E-state index contributed by atoms with van der Waals surface area (Å²) in [4.78, 5) is 8.69. The van der Waals surface area contributed by atoms with Crippen LogP contribution < -0.4 is 10.1 Å². The first-order chi connectivity index (χ1) is 10.1. The third kappa shape index (κ3) is 3.71. The van der Waals surface area contributed by atoms with Gasteiger partial charge in [-0.3, -0.25) is 0 Å². The highest BCUT2D eigenvalue weighted by atomic mass is 35.5. The van der Waals surface area contributed by atoms with Gasteiger partial charge in [0.05, 0.1) is 0 Å². The monoisotopic (exact) mass is 303 g/mol. The second-order valence-electron chi connectivity index (χ2n) is 5.43. The fraction of sp³-hybridized carbons (Fsp3) is 0.375. The van der Waals surface area contributed by atoms with E-state index in [1.54, 1.807) is 0 Å². The van der Waals surface area contributed by atoms with E-state index in [9.17, 15) is 0 Å². The smallest absolute Gasteiger partial charge is 0.322 e. The second-order valence-corrected chi connectivity index (χ2v) is 5.84. The first-order valence-corrected chi connectivity index (χ1v) is 7.49. The molecule has 1 aliphatic rings. The van der Waals surface area contributed by atoms with Gasteiger partial charge in [0.15, 0.2) is 0 Å². The van der Waals surface area contributed by atoms with Crippen LogP contribution >= 0.6 is 11.6 Å². The number of nitrogens with zero attached hydrogens (tertiary/aromatic N) is 2. The van der Waals surface area contributed by atoms with Gasteiger partial charge in [-0.15, -0.1) is 0 Å². The fourth-order valence-corrected chi connectivity index (χ4v) is 2.14. The summed E-state index contributed by atoms with van der Waals surface area (Å²) in [6, 6.07) is 6.55. The van der Waals surface area contributed by atoms with Crippen molar-refractivity contribution in [1.29, 1.82) is 0 Å². The van der Waals surface area contributed by atoms with Crippen LogP contribution in [0.1, 0.15) is 29.7 Å². The van der Waals surface area contributed by atoms with Crippen LogP contribution in [0.15, 0.2) is 24.4 Å². The van der Waals surface area contributed by atoms with Gasteiger partial charge in [0.2, 0.25) is 0 Å². The van der Waals surface area contributed by atoms with Crippen molar-refractivity contribution >= 4 is 11.6 Å². The van der Waals surface area contributed by atoms with Crippen LogP contribution in [0.5, 0.6) is 11.8 Å². The number of ether oxygens (including phenoxy) is 1. The summed E-state index contributed by atoms with van der Waals surface area (Å²) in [6.07, 6.45) is 4.38. The van der Waals surface area contributed by atoms with Gasteiger partial charge in [-0.25, -0.2) is 4.98 Å². The SMILES string of the molecule is Cc1cc(Oc2ncc(CNC3CC3)c(C)n2)ccc1Cl. The molecule has 1 aromatic heterocycles. The van der Waals surface area contributed by atoms with Crippen LogP contribution in [0.25, 0.3) is 0 Å². The lowest BCUT2D eigenvalue weighted by Crippen LogP contribution is -2.16. The molecule has 1 heterocycles. The Bertz CT molecular complexity index is 656. The van der Waals surface area contributed by atoms with Crippen LogP contribution in [-0.2, 0) is 6.54 Å². The average Bonchev–Trinajstić information content (AvgIpc) is 3.26. The molecule has 4 nitrogen and oxygen atoms in total. The van der Waals surface area contributed by atoms with Crippen molar-refractivity contribution in [2.24, 2.45) is 0 Å². The average molecular weight is 304 g/mol. The molecule has 2 aromatic rings. The van der Waals surface area contributed by atoms with Crippen LogP contribution in [-0.4, -0.2) is 16.0 Å². The van der Waals surface area contributed by atoms with Crippen molar-refractivity contribution in [3.63, 3.8) is 0 Å². The molecule has 0 atom stereocenters. The number of hydrogen-bond donors (Lipinski definition) is 1. The Morgan fingerprint density at radius 3 is 2.81 bits per heavy atom. The maximum atomic E-state index is 6.00. The summed E-state index contributed by atoms with van der Waals surface area (Å²) in [5.41, 5.74) is 3.02. The highest BCUT2D eigenvalue weighted by Gasteiger charge is 2.20.